The number of nitrogens with zero attached hydrogens (tertiary/aromatic N) is 4. The molecule has 0 aromatic heterocycles. The second-order valence-corrected chi connectivity index (χ2v) is 35.0. The van der Waals surface area contributed by atoms with Crippen molar-refractivity contribution in [2.75, 3.05) is 32.7 Å². The Morgan fingerprint density at radius 2 is 0.596 bits per heavy atom. The Hall–Kier alpha value is -7.37. The molecule has 10 aromatic rings. The maximum absolute atomic E-state index is 7.78. The van der Waals surface area contributed by atoms with Gasteiger partial charge in [-0.05, 0) is 140 Å². The third kappa shape index (κ3) is 21.3. The van der Waals surface area contributed by atoms with Gasteiger partial charge in [0.1, 0.15) is 0 Å². The SMILES string of the molecule is Cc1cc(C)c(N2C=CN(c3c(C)cc(C)cc3C)[CH-]2)c(C)c1.Cc1cc(C)c(N2[CH-]N(c3c(C)cc(C)cc3C)CC2)c(C)c1.[CH2-]c1ccccc1-c1ccccc1[NH-].[CH2-]c1ccccc1-c1ccccc1[NH-].[Cl][Ru]([Cl])=[CH]c1ccccc1.[Cl][Ru]([Cl])=[CH]c1ccccc1. The molecule has 12 rings (SSSR count). The molecule has 10 aromatic carbocycles. The van der Waals surface area contributed by atoms with Gasteiger partial charge in [0.2, 0.25) is 0 Å². The van der Waals surface area contributed by atoms with Crippen LogP contribution in [0.1, 0.15) is 89.0 Å². The third-order valence-corrected chi connectivity index (χ3v) is 19.3. The van der Waals surface area contributed by atoms with Gasteiger partial charge in [-0.3, -0.25) is 0 Å². The standard InChI is InChI=1S/C21H27N2.C21H25N2.2C13H11N.2C7H6.4ClH.2Ru/c2*1-14-9-16(3)20(17(4)10-14)22-7-8-23(13-22)21-18(5)11-15(2)12-19(21)6;2*1-10-6-2-3-7-11(10)12-8-4-5-9-13(12)14;2*1-7-5-3-2-4-6-7;;;;;;/h9-13H,7-8H2,1-6H3;7-13H,1-6H3;2*2-9,14H,1H2;2*1-6H;4*1H;;/q2*-1;2*-2;;;;;;;2*+2/p-4. The van der Waals surface area contributed by atoms with E-state index in [0.717, 1.165) is 57.6 Å². The molecule has 12 heteroatoms. The molecule has 2 N–H and O–H groups in total. The number of anilines is 4. The summed E-state index contributed by atoms with van der Waals surface area (Å²) in [6.07, 6.45) is 4.28. The van der Waals surface area contributed by atoms with Crippen LogP contribution in [0.2, 0.25) is 0 Å². The summed E-state index contributed by atoms with van der Waals surface area (Å²) in [6.45, 7) is 40.7. The summed E-state index contributed by atoms with van der Waals surface area (Å²) in [5, 5.41) is 0. The molecule has 6 nitrogen and oxygen atoms in total. The fourth-order valence-corrected chi connectivity index (χ4v) is 15.7. The minimum absolute atomic E-state index is 0.545. The second-order valence-electron chi connectivity index (χ2n) is 23.6. The molecule has 2 aliphatic heterocycles. The van der Waals surface area contributed by atoms with Crippen molar-refractivity contribution in [1.82, 2.24) is 0 Å². The van der Waals surface area contributed by atoms with E-state index < -0.39 is 27.0 Å². The number of halogens is 4. The Morgan fingerprint density at radius 1 is 0.340 bits per heavy atom. The zero-order valence-electron chi connectivity index (χ0n) is 55.9. The first-order valence-corrected chi connectivity index (χ1v) is 41.8. The zero-order valence-corrected chi connectivity index (χ0v) is 62.4. The summed E-state index contributed by atoms with van der Waals surface area (Å²) in [5.74, 6) is 0. The van der Waals surface area contributed by atoms with Crippen molar-refractivity contribution in [3.8, 4) is 22.3 Å². The van der Waals surface area contributed by atoms with Crippen molar-refractivity contribution in [3.63, 3.8) is 0 Å². The molecule has 1 saturated heterocycles. The van der Waals surface area contributed by atoms with Crippen LogP contribution in [0.4, 0.5) is 34.1 Å². The van der Waals surface area contributed by atoms with Gasteiger partial charge in [0, 0.05) is 35.8 Å². The van der Waals surface area contributed by atoms with E-state index in [9.17, 15) is 0 Å². The van der Waals surface area contributed by atoms with Gasteiger partial charge < -0.3 is 31.1 Å². The molecule has 0 aliphatic carbocycles. The van der Waals surface area contributed by atoms with E-state index in [-0.39, 0.29) is 0 Å². The van der Waals surface area contributed by atoms with Crippen molar-refractivity contribution in [3.05, 3.63) is 346 Å². The van der Waals surface area contributed by atoms with Crippen LogP contribution in [0.3, 0.4) is 0 Å². The van der Waals surface area contributed by atoms with Crippen LogP contribution in [-0.2, 0) is 27.0 Å². The predicted molar refractivity (Wildman–Crippen MR) is 407 cm³/mol. The van der Waals surface area contributed by atoms with Crippen molar-refractivity contribution in [2.24, 2.45) is 0 Å². The van der Waals surface area contributed by atoms with Gasteiger partial charge in [-0.2, -0.15) is 43.8 Å². The van der Waals surface area contributed by atoms with Crippen molar-refractivity contribution < 1.29 is 27.0 Å². The predicted octanol–water partition coefficient (Wildman–Crippen LogP) is 24.4. The monoisotopic (exact) mass is 1500 g/mol. The molecular weight excluding hydrogens is 1410 g/mol. The fourth-order valence-electron chi connectivity index (χ4n) is 12.1. The van der Waals surface area contributed by atoms with Crippen molar-refractivity contribution in [2.45, 2.75) is 83.1 Å². The summed E-state index contributed by atoms with van der Waals surface area (Å²) in [5.41, 5.74) is 46.0. The van der Waals surface area contributed by atoms with Crippen LogP contribution in [0, 0.1) is 110 Å². The first-order valence-electron chi connectivity index (χ1n) is 30.9. The molecule has 0 atom stereocenters. The van der Waals surface area contributed by atoms with E-state index in [0.29, 0.717) is 11.4 Å². The fraction of sp³-hybridized carbons (Fsp3) is 0.171. The Labute approximate surface area is 588 Å². The molecular formula is C82H86Cl4N6Ru2-6. The van der Waals surface area contributed by atoms with Crippen LogP contribution < -0.4 is 19.6 Å². The van der Waals surface area contributed by atoms with Crippen LogP contribution in [-0.4, -0.2) is 22.3 Å². The average molecular weight is 1500 g/mol. The molecule has 494 valence electrons. The van der Waals surface area contributed by atoms with E-state index in [2.05, 4.69) is 191 Å². The van der Waals surface area contributed by atoms with Crippen molar-refractivity contribution in [1.29, 1.82) is 0 Å². The van der Waals surface area contributed by atoms with Crippen LogP contribution in [0.25, 0.3) is 33.7 Å². The molecule has 0 spiro atoms. The Kier molecular flexibility index (Phi) is 28.3. The van der Waals surface area contributed by atoms with Gasteiger partial charge in [0.25, 0.3) is 0 Å². The first-order chi connectivity index (χ1) is 44.9. The molecule has 94 heavy (non-hydrogen) atoms. The van der Waals surface area contributed by atoms with Gasteiger partial charge in [-0.25, -0.2) is 0 Å². The van der Waals surface area contributed by atoms with Gasteiger partial charge in [-0.1, -0.05) is 143 Å². The number of hydrogen-bond donors (Lipinski definition) is 0. The molecule has 0 amide bonds. The average Bonchev–Trinajstić information content (AvgIpc) is 1.62. The summed E-state index contributed by atoms with van der Waals surface area (Å²) < 4.78 is 3.85. The molecule has 0 saturated carbocycles. The number of aryl methyl sites for hydroxylation is 12. The summed E-state index contributed by atoms with van der Waals surface area (Å²) >= 11 is -3.23. The van der Waals surface area contributed by atoms with E-state index >= 15 is 0 Å². The Morgan fingerprint density at radius 3 is 0.872 bits per heavy atom. The zero-order chi connectivity index (χ0) is 68.2. The summed E-state index contributed by atoms with van der Waals surface area (Å²) in [6, 6.07) is 68.8. The normalized spacial score (nSPS) is 12.3. The number of benzene rings is 10. The molecule has 2 heterocycles. The molecule has 0 radical (unpaired) electrons. The van der Waals surface area contributed by atoms with Crippen LogP contribution in [0.15, 0.2) is 219 Å². The summed E-state index contributed by atoms with van der Waals surface area (Å²) in [7, 11) is 22.7. The Bertz CT molecular complexity index is 3800. The van der Waals surface area contributed by atoms with Crippen LogP contribution in [0.5, 0.6) is 0 Å². The summed E-state index contributed by atoms with van der Waals surface area (Å²) in [4.78, 5) is 9.26. The second kappa shape index (κ2) is 35.9. The van der Waals surface area contributed by atoms with Crippen molar-refractivity contribution >= 4 is 82.1 Å². The number of hydrogen-bond acceptors (Lipinski definition) is 4. The number of rotatable bonds is 8. The van der Waals surface area contributed by atoms with Gasteiger partial charge in [0.15, 0.2) is 0 Å². The Balaban J connectivity index is 0.000000165. The quantitative estimate of drug-likeness (QED) is 0.112. The number of nitrogens with one attached hydrogen (secondary N) is 2. The van der Waals surface area contributed by atoms with E-state index in [1.54, 1.807) is 12.1 Å². The topological polar surface area (TPSA) is 60.6 Å². The third-order valence-electron chi connectivity index (χ3n) is 15.6. The van der Waals surface area contributed by atoms with Gasteiger partial charge in [0.05, 0.1) is 0 Å². The van der Waals surface area contributed by atoms with Crippen LogP contribution >= 0.6 is 38.8 Å². The molecule has 1 fully saturated rings. The van der Waals surface area contributed by atoms with E-state index in [1.807, 2.05) is 155 Å². The molecule has 0 bridgehead atoms. The maximum atomic E-state index is 7.78. The molecule has 2 aliphatic rings. The van der Waals surface area contributed by atoms with E-state index in [4.69, 9.17) is 50.2 Å². The van der Waals surface area contributed by atoms with E-state index in [1.165, 1.54) is 89.5 Å². The van der Waals surface area contributed by atoms with Gasteiger partial charge in [-0.15, -0.1) is 53.4 Å². The minimum atomic E-state index is -1.61. The first kappa shape index (κ1) is 74.0. The van der Waals surface area contributed by atoms with Gasteiger partial charge >= 0.3 is 147 Å². The molecule has 0 unspecified atom stereocenters.